The Labute approximate surface area is 192 Å². The van der Waals surface area contributed by atoms with Gasteiger partial charge < -0.3 is 25.2 Å². The molecule has 0 radical (unpaired) electrons. The lowest BCUT2D eigenvalue weighted by Gasteiger charge is -2.16. The fourth-order valence-corrected chi connectivity index (χ4v) is 2.57. The minimum absolute atomic E-state index is 0. The summed E-state index contributed by atoms with van der Waals surface area (Å²) in [7, 11) is 0. The van der Waals surface area contributed by atoms with Gasteiger partial charge in [-0.2, -0.15) is 10.2 Å². The van der Waals surface area contributed by atoms with Gasteiger partial charge in [-0.15, -0.1) is 12.4 Å². The normalized spacial score (nSPS) is 10.5. The van der Waals surface area contributed by atoms with Crippen molar-refractivity contribution in [2.45, 2.75) is 18.9 Å². The maximum absolute atomic E-state index is 9.38. The van der Waals surface area contributed by atoms with E-state index in [0.29, 0.717) is 40.4 Å². The Morgan fingerprint density at radius 1 is 1.12 bits per heavy atom. The zero-order valence-corrected chi connectivity index (χ0v) is 18.2. The molecule has 0 aliphatic carbocycles. The van der Waals surface area contributed by atoms with Crippen LogP contribution in [0.4, 0.5) is 0 Å². The topological polar surface area (TPSA) is 138 Å². The van der Waals surface area contributed by atoms with Crippen LogP contribution >= 0.6 is 12.4 Å². The zero-order valence-electron chi connectivity index (χ0n) is 17.4. The van der Waals surface area contributed by atoms with Crippen molar-refractivity contribution >= 4 is 12.4 Å². The van der Waals surface area contributed by atoms with Crippen molar-refractivity contribution in [1.29, 1.82) is 5.26 Å². The van der Waals surface area contributed by atoms with Crippen LogP contribution < -0.4 is 10.5 Å². The van der Waals surface area contributed by atoms with Gasteiger partial charge in [0, 0.05) is 16.7 Å². The van der Waals surface area contributed by atoms with Crippen LogP contribution in [0.25, 0.3) is 22.8 Å². The Balaban J connectivity index is 0.00000363. The number of hydrogen-bond donors (Lipinski definition) is 3. The molecule has 1 heterocycles. The number of nitriles is 1. The quantitative estimate of drug-likeness (QED) is 0.463. The van der Waals surface area contributed by atoms with Crippen LogP contribution in [0.2, 0.25) is 0 Å². The van der Waals surface area contributed by atoms with E-state index in [9.17, 15) is 15.5 Å². The van der Waals surface area contributed by atoms with E-state index in [1.165, 1.54) is 0 Å². The van der Waals surface area contributed by atoms with Crippen molar-refractivity contribution < 1.29 is 19.5 Å². The van der Waals surface area contributed by atoms with E-state index in [1.54, 1.807) is 42.5 Å². The molecule has 3 rings (SSSR count). The third kappa shape index (κ3) is 5.85. The third-order valence-electron chi connectivity index (χ3n) is 4.40. The van der Waals surface area contributed by atoms with Gasteiger partial charge in [0.25, 0.3) is 5.89 Å². The van der Waals surface area contributed by atoms with E-state index < -0.39 is 18.8 Å². The summed E-state index contributed by atoms with van der Waals surface area (Å²) in [6, 6.07) is 14.3. The summed E-state index contributed by atoms with van der Waals surface area (Å²) in [4.78, 5) is 4.41. The van der Waals surface area contributed by atoms with Crippen LogP contribution in [0, 0.1) is 23.2 Å². The minimum atomic E-state index is -1.35. The highest BCUT2D eigenvalue weighted by Crippen LogP contribution is 2.27. The molecule has 0 aliphatic rings. The maximum Gasteiger partial charge on any atom is 0.258 e. The average molecular weight is 455 g/mol. The monoisotopic (exact) mass is 454 g/mol. The highest BCUT2D eigenvalue weighted by molar-refractivity contribution is 5.85. The van der Waals surface area contributed by atoms with Crippen LogP contribution in [-0.2, 0) is 0 Å². The van der Waals surface area contributed by atoms with Crippen molar-refractivity contribution in [3.8, 4) is 46.5 Å². The van der Waals surface area contributed by atoms with Gasteiger partial charge >= 0.3 is 0 Å². The number of nitrogens with two attached hydrogens (primary N) is 1. The lowest BCUT2D eigenvalue weighted by molar-refractivity contribution is 0.158. The molecule has 0 saturated heterocycles. The van der Waals surface area contributed by atoms with Gasteiger partial charge in [-0.1, -0.05) is 23.9 Å². The van der Waals surface area contributed by atoms with Gasteiger partial charge in [-0.25, -0.2) is 0 Å². The van der Waals surface area contributed by atoms with Gasteiger partial charge in [0.1, 0.15) is 17.4 Å². The summed E-state index contributed by atoms with van der Waals surface area (Å²) in [5, 5.41) is 31.8. The van der Waals surface area contributed by atoms with Crippen LogP contribution in [0.15, 0.2) is 47.0 Å². The Bertz CT molecular complexity index is 1140. The minimum Gasteiger partial charge on any atom is -0.492 e. The second kappa shape index (κ2) is 11.3. The second-order valence-electron chi connectivity index (χ2n) is 6.89. The number of ether oxygens (including phenoxy) is 1. The highest BCUT2D eigenvalue weighted by atomic mass is 35.5. The number of rotatable bonds is 7. The lowest BCUT2D eigenvalue weighted by Crippen LogP contribution is -2.45. The number of aromatic nitrogens is 2. The molecule has 0 aliphatic heterocycles. The summed E-state index contributed by atoms with van der Waals surface area (Å²) in [6.45, 7) is 1.64. The van der Waals surface area contributed by atoms with E-state index in [0.717, 1.165) is 6.42 Å². The van der Waals surface area contributed by atoms with Crippen LogP contribution in [0.5, 0.6) is 5.75 Å². The number of benzene rings is 2. The Morgan fingerprint density at radius 3 is 2.44 bits per heavy atom. The molecule has 1 aromatic heterocycles. The number of hydrogen-bond acceptors (Lipinski definition) is 8. The summed E-state index contributed by atoms with van der Waals surface area (Å²) in [6.07, 6.45) is 0.847. The SMILES string of the molecule is CCCOc1ccc(-c2nc(-c3ccc(C#CC(N)(CO)CO)cc3)no2)cc1C#N.Cl. The first-order chi connectivity index (χ1) is 15.0. The predicted octanol–water partition coefficient (Wildman–Crippen LogP) is 2.52. The fraction of sp³-hybridized carbons (Fsp3) is 0.261. The zero-order chi connectivity index (χ0) is 22.3. The average Bonchev–Trinajstić information content (AvgIpc) is 3.31. The van der Waals surface area contributed by atoms with E-state index in [2.05, 4.69) is 28.1 Å². The summed E-state index contributed by atoms with van der Waals surface area (Å²) in [5.41, 5.74) is 6.79. The molecule has 166 valence electrons. The number of aliphatic hydroxyl groups excluding tert-OH is 2. The third-order valence-corrected chi connectivity index (χ3v) is 4.40. The molecule has 0 fully saturated rings. The van der Waals surface area contributed by atoms with E-state index in [-0.39, 0.29) is 18.3 Å². The summed E-state index contributed by atoms with van der Waals surface area (Å²) < 4.78 is 10.9. The van der Waals surface area contributed by atoms with E-state index in [1.807, 2.05) is 6.92 Å². The molecular weight excluding hydrogens is 432 g/mol. The molecule has 8 nitrogen and oxygen atoms in total. The second-order valence-corrected chi connectivity index (χ2v) is 6.89. The van der Waals surface area contributed by atoms with Crippen molar-refractivity contribution in [3.05, 3.63) is 53.6 Å². The Kier molecular flexibility index (Phi) is 8.77. The first-order valence-electron chi connectivity index (χ1n) is 9.67. The predicted molar refractivity (Wildman–Crippen MR) is 121 cm³/mol. The molecule has 3 aromatic rings. The molecule has 0 spiro atoms. The van der Waals surface area contributed by atoms with Crippen molar-refractivity contribution in [1.82, 2.24) is 10.1 Å². The molecule has 0 amide bonds. The summed E-state index contributed by atoms with van der Waals surface area (Å²) in [5.74, 6) is 6.69. The molecule has 4 N–H and O–H groups in total. The number of aliphatic hydroxyl groups is 2. The first kappa shape index (κ1) is 24.9. The van der Waals surface area contributed by atoms with Crippen molar-refractivity contribution in [2.24, 2.45) is 5.73 Å². The first-order valence-corrected chi connectivity index (χ1v) is 9.67. The number of nitrogens with zero attached hydrogens (tertiary/aromatic N) is 3. The maximum atomic E-state index is 9.38. The van der Waals surface area contributed by atoms with Gasteiger partial charge in [-0.3, -0.25) is 0 Å². The molecule has 9 heteroatoms. The van der Waals surface area contributed by atoms with Gasteiger partial charge in [0.15, 0.2) is 0 Å². The molecule has 0 atom stereocenters. The highest BCUT2D eigenvalue weighted by Gasteiger charge is 2.19. The Morgan fingerprint density at radius 2 is 1.81 bits per heavy atom. The smallest absolute Gasteiger partial charge is 0.258 e. The van der Waals surface area contributed by atoms with Crippen LogP contribution in [0.3, 0.4) is 0 Å². The van der Waals surface area contributed by atoms with Gasteiger partial charge in [0.05, 0.1) is 25.4 Å². The van der Waals surface area contributed by atoms with Gasteiger partial charge in [0.2, 0.25) is 5.82 Å². The van der Waals surface area contributed by atoms with E-state index in [4.69, 9.17) is 15.0 Å². The molecule has 2 aromatic carbocycles. The Hall–Kier alpha value is -3.40. The standard InChI is InChI=1S/C23H22N4O4.ClH/c1-2-11-30-20-8-7-18(12-19(20)13-24)22-26-21(27-31-22)17-5-3-16(4-6-17)9-10-23(25,14-28)15-29;/h3-8,12,28-29H,2,11,14-15,25H2,1H3;1H. The molecule has 0 bridgehead atoms. The van der Waals surface area contributed by atoms with E-state index >= 15 is 0 Å². The van der Waals surface area contributed by atoms with Crippen molar-refractivity contribution in [3.63, 3.8) is 0 Å². The molecule has 0 saturated carbocycles. The van der Waals surface area contributed by atoms with Crippen molar-refractivity contribution in [2.75, 3.05) is 19.8 Å². The fourth-order valence-electron chi connectivity index (χ4n) is 2.57. The van der Waals surface area contributed by atoms with Gasteiger partial charge in [-0.05, 0) is 48.9 Å². The molecule has 32 heavy (non-hydrogen) atoms. The van der Waals surface area contributed by atoms with Crippen LogP contribution in [0.1, 0.15) is 24.5 Å². The largest absolute Gasteiger partial charge is 0.492 e. The van der Waals surface area contributed by atoms with Crippen LogP contribution in [-0.4, -0.2) is 45.7 Å². The summed E-state index contributed by atoms with van der Waals surface area (Å²) >= 11 is 0. The molecular formula is C23H23ClN4O4. The number of halogens is 1. The molecule has 0 unspecified atom stereocenters. The lowest BCUT2D eigenvalue weighted by atomic mass is 10.0.